The van der Waals surface area contributed by atoms with Crippen molar-refractivity contribution in [2.75, 3.05) is 6.54 Å². The molecule has 2 aromatic carbocycles. The van der Waals surface area contributed by atoms with Gasteiger partial charge in [0.05, 0.1) is 18.5 Å². The minimum absolute atomic E-state index is 0.0392. The van der Waals surface area contributed by atoms with E-state index >= 15 is 0 Å². The van der Waals surface area contributed by atoms with Crippen LogP contribution in [0.1, 0.15) is 58.2 Å². The van der Waals surface area contributed by atoms with Gasteiger partial charge in [0.25, 0.3) is 11.5 Å². The Hall–Kier alpha value is -4.20. The molecule has 0 aliphatic heterocycles. The number of hydrogen-bond acceptors (Lipinski definition) is 4. The van der Waals surface area contributed by atoms with E-state index in [1.807, 2.05) is 24.3 Å². The number of pyridine rings is 1. The summed E-state index contributed by atoms with van der Waals surface area (Å²) in [4.78, 5) is 48.0. The second kappa shape index (κ2) is 11.8. The van der Waals surface area contributed by atoms with E-state index in [0.29, 0.717) is 12.0 Å². The van der Waals surface area contributed by atoms with E-state index in [1.165, 1.54) is 6.07 Å². The first-order valence-corrected chi connectivity index (χ1v) is 11.5. The number of carbonyl (C=O) groups excluding carboxylic acids is 1. The number of unbranched alkanes of at least 4 members (excludes halogenated alkanes) is 1. The number of hydrogen-bond donors (Lipinski definition) is 3. The van der Waals surface area contributed by atoms with Gasteiger partial charge < -0.3 is 20.1 Å². The zero-order valence-electron chi connectivity index (χ0n) is 19.5. The smallest absolute Gasteiger partial charge is 0.336 e. The Kier molecular flexibility index (Phi) is 8.56. The third-order valence-electron chi connectivity index (χ3n) is 5.68. The van der Waals surface area contributed by atoms with E-state index in [2.05, 4.69) is 12.2 Å². The lowest BCUT2D eigenvalue weighted by molar-refractivity contribution is -0.136. The summed E-state index contributed by atoms with van der Waals surface area (Å²) in [5, 5.41) is 20.7. The molecule has 0 fully saturated rings. The van der Waals surface area contributed by atoms with Crippen LogP contribution < -0.4 is 10.9 Å². The van der Waals surface area contributed by atoms with Crippen molar-refractivity contribution in [2.45, 2.75) is 39.2 Å². The second-order valence-corrected chi connectivity index (χ2v) is 8.18. The van der Waals surface area contributed by atoms with Crippen LogP contribution in [-0.2, 0) is 17.8 Å². The molecule has 8 nitrogen and oxygen atoms in total. The number of aromatic carboxylic acids is 1. The van der Waals surface area contributed by atoms with Crippen molar-refractivity contribution in [3.63, 3.8) is 0 Å². The average molecular weight is 477 g/mol. The summed E-state index contributed by atoms with van der Waals surface area (Å²) < 4.78 is 1.57. The van der Waals surface area contributed by atoms with Crippen LogP contribution in [0.5, 0.6) is 0 Å². The highest BCUT2D eigenvalue weighted by molar-refractivity contribution is 5.96. The van der Waals surface area contributed by atoms with Crippen LogP contribution in [0.3, 0.4) is 0 Å². The van der Waals surface area contributed by atoms with E-state index < -0.39 is 23.4 Å². The van der Waals surface area contributed by atoms with Gasteiger partial charge in [-0.25, -0.2) is 4.79 Å². The zero-order chi connectivity index (χ0) is 25.4. The molecule has 1 amide bonds. The van der Waals surface area contributed by atoms with E-state index in [9.17, 15) is 24.3 Å². The molecular formula is C27H28N2O6. The fourth-order valence-corrected chi connectivity index (χ4v) is 3.81. The summed E-state index contributed by atoms with van der Waals surface area (Å²) in [5.74, 6) is -2.64. The van der Waals surface area contributed by atoms with Crippen molar-refractivity contribution in [3.8, 4) is 11.1 Å². The fourth-order valence-electron chi connectivity index (χ4n) is 3.81. The molecule has 3 aromatic rings. The van der Waals surface area contributed by atoms with Gasteiger partial charge in [0.15, 0.2) is 0 Å². The highest BCUT2D eigenvalue weighted by atomic mass is 16.4. The lowest BCUT2D eigenvalue weighted by Gasteiger charge is -2.15. The van der Waals surface area contributed by atoms with E-state index in [1.54, 1.807) is 34.9 Å². The number of carboxylic acids is 2. The van der Waals surface area contributed by atoms with Crippen LogP contribution in [-0.4, -0.2) is 39.2 Å². The molecule has 0 spiro atoms. The van der Waals surface area contributed by atoms with Gasteiger partial charge in [-0.3, -0.25) is 14.4 Å². The molecule has 1 heterocycles. The molecule has 0 bridgehead atoms. The minimum atomic E-state index is -1.04. The predicted molar refractivity (Wildman–Crippen MR) is 132 cm³/mol. The maximum absolute atomic E-state index is 13.2. The molecular weight excluding hydrogens is 448 g/mol. The molecule has 0 saturated heterocycles. The molecule has 0 radical (unpaired) electrons. The summed E-state index contributed by atoms with van der Waals surface area (Å²) in [6, 6.07) is 17.3. The summed E-state index contributed by atoms with van der Waals surface area (Å²) >= 11 is 0. The average Bonchev–Trinajstić information content (AvgIpc) is 2.84. The first-order valence-electron chi connectivity index (χ1n) is 11.5. The maximum atomic E-state index is 13.2. The Labute approximate surface area is 202 Å². The van der Waals surface area contributed by atoms with Gasteiger partial charge in [0, 0.05) is 12.2 Å². The highest BCUT2D eigenvalue weighted by Crippen LogP contribution is 2.24. The Morgan fingerprint density at radius 3 is 2.29 bits per heavy atom. The number of aromatic nitrogens is 1. The van der Waals surface area contributed by atoms with Crippen LogP contribution >= 0.6 is 0 Å². The molecule has 182 valence electrons. The van der Waals surface area contributed by atoms with Crippen LogP contribution in [0.4, 0.5) is 0 Å². The molecule has 0 unspecified atom stereocenters. The Morgan fingerprint density at radius 2 is 1.63 bits per heavy atom. The highest BCUT2D eigenvalue weighted by Gasteiger charge is 2.16. The largest absolute Gasteiger partial charge is 0.481 e. The third kappa shape index (κ3) is 6.44. The maximum Gasteiger partial charge on any atom is 0.336 e. The zero-order valence-corrected chi connectivity index (χ0v) is 19.5. The summed E-state index contributed by atoms with van der Waals surface area (Å²) in [6.07, 6.45) is 2.28. The molecule has 0 aliphatic rings. The number of benzene rings is 2. The van der Waals surface area contributed by atoms with Gasteiger partial charge >= 0.3 is 11.9 Å². The first-order chi connectivity index (χ1) is 16.8. The van der Waals surface area contributed by atoms with Crippen LogP contribution in [0.15, 0.2) is 65.5 Å². The number of nitrogens with zero attached hydrogens (tertiary/aromatic N) is 1. The van der Waals surface area contributed by atoms with Crippen molar-refractivity contribution in [2.24, 2.45) is 0 Å². The van der Waals surface area contributed by atoms with Gasteiger partial charge in [-0.1, -0.05) is 55.8 Å². The molecule has 3 rings (SSSR count). The van der Waals surface area contributed by atoms with Gasteiger partial charge in [0.1, 0.15) is 5.56 Å². The molecule has 8 heteroatoms. The van der Waals surface area contributed by atoms with Crippen LogP contribution in [0.25, 0.3) is 11.1 Å². The topological polar surface area (TPSA) is 126 Å². The summed E-state index contributed by atoms with van der Waals surface area (Å²) in [6.45, 7) is 2.24. The van der Waals surface area contributed by atoms with Crippen molar-refractivity contribution in [1.82, 2.24) is 9.88 Å². The van der Waals surface area contributed by atoms with E-state index in [4.69, 9.17) is 5.11 Å². The molecule has 35 heavy (non-hydrogen) atoms. The number of aliphatic carboxylic acids is 1. The molecule has 0 atom stereocenters. The second-order valence-electron chi connectivity index (χ2n) is 8.18. The predicted octanol–water partition coefficient (Wildman–Crippen LogP) is 3.81. The lowest BCUT2D eigenvalue weighted by Crippen LogP contribution is -2.35. The van der Waals surface area contributed by atoms with Crippen LogP contribution in [0, 0.1) is 0 Å². The first kappa shape index (κ1) is 25.4. The Morgan fingerprint density at radius 1 is 0.914 bits per heavy atom. The monoisotopic (exact) mass is 476 g/mol. The molecule has 3 N–H and O–H groups in total. The van der Waals surface area contributed by atoms with Crippen LogP contribution in [0.2, 0.25) is 0 Å². The number of nitrogens with one attached hydrogen (secondary N) is 1. The van der Waals surface area contributed by atoms with Gasteiger partial charge in [0.2, 0.25) is 0 Å². The number of amides is 1. The molecule has 1 aromatic heterocycles. The minimum Gasteiger partial charge on any atom is -0.481 e. The van der Waals surface area contributed by atoms with Crippen molar-refractivity contribution in [3.05, 3.63) is 93.4 Å². The van der Waals surface area contributed by atoms with Gasteiger partial charge in [-0.15, -0.1) is 0 Å². The number of aryl methyl sites for hydroxylation is 1. The van der Waals surface area contributed by atoms with Crippen molar-refractivity contribution in [1.29, 1.82) is 0 Å². The number of carbonyl (C=O) groups is 3. The van der Waals surface area contributed by atoms with Gasteiger partial charge in [-0.2, -0.15) is 0 Å². The van der Waals surface area contributed by atoms with E-state index in [0.717, 1.165) is 29.7 Å². The third-order valence-corrected chi connectivity index (χ3v) is 5.68. The quantitative estimate of drug-likeness (QED) is 0.386. The number of carboxylic acid groups (broad SMARTS) is 2. The Bertz CT molecular complexity index is 1280. The Balaban J connectivity index is 1.90. The van der Waals surface area contributed by atoms with Crippen molar-refractivity contribution >= 4 is 17.8 Å². The molecule has 0 saturated carbocycles. The lowest BCUT2D eigenvalue weighted by atomic mass is 9.98. The van der Waals surface area contributed by atoms with E-state index in [-0.39, 0.29) is 30.6 Å². The normalized spacial score (nSPS) is 10.7. The standard InChI is InChI=1S/C27H28N2O6/c1-2-3-6-20-13-14-23(25(32)28-16-15-24(30)31)26(33)29(20)17-18-9-11-19(12-10-18)21-7-4-5-8-22(21)27(34)35/h4-5,7-14H,2-3,6,15-17H2,1H3,(H,28,32)(H,30,31)(H,34,35). The molecule has 0 aliphatic carbocycles. The van der Waals surface area contributed by atoms with Crippen molar-refractivity contribution < 1.29 is 24.6 Å². The SMILES string of the molecule is CCCCc1ccc(C(=O)NCCC(=O)O)c(=O)n1Cc1ccc(-c2ccccc2C(=O)O)cc1. The summed E-state index contributed by atoms with van der Waals surface area (Å²) in [5.41, 5.74) is 2.71. The number of rotatable bonds is 11. The summed E-state index contributed by atoms with van der Waals surface area (Å²) in [7, 11) is 0. The fraction of sp³-hybridized carbons (Fsp3) is 0.259. The van der Waals surface area contributed by atoms with Gasteiger partial charge in [-0.05, 0) is 47.7 Å².